The minimum absolute atomic E-state index is 0.0448. The predicted molar refractivity (Wildman–Crippen MR) is 140 cm³/mol. The van der Waals surface area contributed by atoms with E-state index in [4.69, 9.17) is 4.98 Å². The molecule has 182 valence electrons. The maximum Gasteiger partial charge on any atom is 0.253 e. The summed E-state index contributed by atoms with van der Waals surface area (Å²) in [7, 11) is 0. The van der Waals surface area contributed by atoms with Crippen molar-refractivity contribution >= 4 is 16.9 Å². The average molecular weight is 472 g/mol. The number of rotatable bonds is 5. The van der Waals surface area contributed by atoms with E-state index >= 15 is 0 Å². The molecule has 7 heteroatoms. The van der Waals surface area contributed by atoms with Crippen molar-refractivity contribution in [3.8, 4) is 11.3 Å². The Morgan fingerprint density at radius 1 is 1.11 bits per heavy atom. The van der Waals surface area contributed by atoms with Crippen LogP contribution in [0.25, 0.3) is 22.3 Å². The van der Waals surface area contributed by atoms with Crippen molar-refractivity contribution in [1.29, 1.82) is 0 Å². The molecule has 0 bridgehead atoms. The molecule has 0 saturated heterocycles. The number of aromatic amines is 1. The number of pyridine rings is 2. The van der Waals surface area contributed by atoms with Crippen LogP contribution in [0, 0.1) is 13.8 Å². The molecule has 0 saturated carbocycles. The van der Waals surface area contributed by atoms with Crippen molar-refractivity contribution in [2.75, 3.05) is 0 Å². The molecule has 4 aromatic rings. The third-order valence-electron chi connectivity index (χ3n) is 6.27. The lowest BCUT2D eigenvalue weighted by molar-refractivity contribution is 0.0952. The van der Waals surface area contributed by atoms with E-state index in [1.165, 1.54) is 5.56 Å². The van der Waals surface area contributed by atoms with Gasteiger partial charge in [0.05, 0.1) is 22.8 Å². The lowest BCUT2D eigenvalue weighted by Gasteiger charge is -2.19. The molecule has 0 aliphatic carbocycles. The second-order valence-electron chi connectivity index (χ2n) is 10.4. The number of aromatic nitrogens is 4. The Labute approximate surface area is 205 Å². The van der Waals surface area contributed by atoms with Gasteiger partial charge in [-0.2, -0.15) is 5.10 Å². The van der Waals surface area contributed by atoms with Gasteiger partial charge in [0.1, 0.15) is 0 Å². The van der Waals surface area contributed by atoms with Crippen LogP contribution in [0.3, 0.4) is 0 Å². The number of fused-ring (bicyclic) bond motifs is 1. The zero-order chi connectivity index (χ0) is 25.5. The van der Waals surface area contributed by atoms with Crippen molar-refractivity contribution < 1.29 is 4.79 Å². The van der Waals surface area contributed by atoms with Gasteiger partial charge >= 0.3 is 0 Å². The number of aryl methyl sites for hydroxylation is 2. The monoisotopic (exact) mass is 471 g/mol. The van der Waals surface area contributed by atoms with E-state index < -0.39 is 0 Å². The second-order valence-corrected chi connectivity index (χ2v) is 10.4. The summed E-state index contributed by atoms with van der Waals surface area (Å²) < 4.78 is 1.83. The van der Waals surface area contributed by atoms with Gasteiger partial charge in [0.2, 0.25) is 0 Å². The van der Waals surface area contributed by atoms with Gasteiger partial charge in [-0.25, -0.2) is 9.67 Å². The molecule has 3 heterocycles. The Balaban J connectivity index is 1.75. The third kappa shape index (κ3) is 4.90. The molecule has 0 aliphatic heterocycles. The van der Waals surface area contributed by atoms with Crippen LogP contribution >= 0.6 is 0 Å². The lowest BCUT2D eigenvalue weighted by Crippen LogP contribution is -2.28. The van der Waals surface area contributed by atoms with Crippen molar-refractivity contribution in [1.82, 2.24) is 25.1 Å². The molecule has 4 rings (SSSR count). The van der Waals surface area contributed by atoms with Gasteiger partial charge in [0.15, 0.2) is 5.65 Å². The number of H-pyrrole nitrogens is 1. The molecular formula is C28H33N5O2. The highest BCUT2D eigenvalue weighted by molar-refractivity contribution is 6.06. The zero-order valence-corrected chi connectivity index (χ0v) is 21.5. The minimum atomic E-state index is -0.271. The van der Waals surface area contributed by atoms with Crippen molar-refractivity contribution in [3.63, 3.8) is 0 Å². The first kappa shape index (κ1) is 24.4. The van der Waals surface area contributed by atoms with E-state index in [9.17, 15) is 9.59 Å². The third-order valence-corrected chi connectivity index (χ3v) is 6.27. The highest BCUT2D eigenvalue weighted by atomic mass is 16.1. The van der Waals surface area contributed by atoms with Crippen LogP contribution in [-0.2, 0) is 12.0 Å². The molecule has 0 unspecified atom stereocenters. The fraction of sp³-hybridized carbons (Fsp3) is 0.357. The van der Waals surface area contributed by atoms with Crippen LogP contribution in [0.1, 0.15) is 73.4 Å². The van der Waals surface area contributed by atoms with Crippen molar-refractivity contribution in [3.05, 3.63) is 80.9 Å². The van der Waals surface area contributed by atoms with Crippen molar-refractivity contribution in [2.24, 2.45) is 0 Å². The molecule has 7 nitrogen and oxygen atoms in total. The Hall–Kier alpha value is -3.74. The SMILES string of the molecule is Cc1cc(C)c(CNC(=O)c2cc(-c3ccc(C(C)(C)C)cc3)nc3c2cnn3C(C)C)c(=O)[nH]1. The van der Waals surface area contributed by atoms with Crippen LogP contribution in [0.4, 0.5) is 0 Å². The number of nitrogens with zero attached hydrogens (tertiary/aromatic N) is 3. The van der Waals surface area contributed by atoms with Crippen LogP contribution in [0.2, 0.25) is 0 Å². The van der Waals surface area contributed by atoms with E-state index in [1.807, 2.05) is 56.6 Å². The van der Waals surface area contributed by atoms with Gasteiger partial charge in [0, 0.05) is 29.4 Å². The molecule has 0 fully saturated rings. The van der Waals surface area contributed by atoms with Gasteiger partial charge in [-0.3, -0.25) is 9.59 Å². The summed E-state index contributed by atoms with van der Waals surface area (Å²) in [6, 6.07) is 12.1. The molecule has 0 atom stereocenters. The summed E-state index contributed by atoms with van der Waals surface area (Å²) >= 11 is 0. The minimum Gasteiger partial charge on any atom is -0.348 e. The first-order chi connectivity index (χ1) is 16.5. The van der Waals surface area contributed by atoms with E-state index in [1.54, 1.807) is 6.20 Å². The fourth-order valence-electron chi connectivity index (χ4n) is 4.24. The normalized spacial score (nSPS) is 11.9. The van der Waals surface area contributed by atoms with E-state index in [2.05, 4.69) is 48.3 Å². The number of carbonyl (C=O) groups excluding carboxylic acids is 1. The molecule has 0 spiro atoms. The number of nitrogens with one attached hydrogen (secondary N) is 2. The molecule has 0 aliphatic rings. The van der Waals surface area contributed by atoms with E-state index in [0.717, 1.165) is 16.8 Å². The fourth-order valence-corrected chi connectivity index (χ4v) is 4.24. The quantitative estimate of drug-likeness (QED) is 0.418. The van der Waals surface area contributed by atoms with Crippen molar-refractivity contribution in [2.45, 2.75) is 66.5 Å². The number of hydrogen-bond acceptors (Lipinski definition) is 4. The van der Waals surface area contributed by atoms with Crippen LogP contribution in [0.15, 0.2) is 47.4 Å². The second kappa shape index (κ2) is 9.13. The Morgan fingerprint density at radius 3 is 2.40 bits per heavy atom. The summed E-state index contributed by atoms with van der Waals surface area (Å²) in [6.45, 7) is 14.4. The lowest BCUT2D eigenvalue weighted by atomic mass is 9.86. The molecule has 1 amide bonds. The molecule has 3 aromatic heterocycles. The summed E-state index contributed by atoms with van der Waals surface area (Å²) in [6.07, 6.45) is 1.69. The summed E-state index contributed by atoms with van der Waals surface area (Å²) in [5.41, 5.74) is 6.05. The molecule has 1 aromatic carbocycles. The predicted octanol–water partition coefficient (Wildman–Crippen LogP) is 5.21. The van der Waals surface area contributed by atoms with Gasteiger partial charge in [-0.15, -0.1) is 0 Å². The number of amides is 1. The maximum absolute atomic E-state index is 13.4. The van der Waals surface area contributed by atoms with Crippen LogP contribution in [-0.4, -0.2) is 25.7 Å². The van der Waals surface area contributed by atoms with E-state index in [0.29, 0.717) is 27.9 Å². The van der Waals surface area contributed by atoms with E-state index in [-0.39, 0.29) is 29.5 Å². The number of hydrogen-bond donors (Lipinski definition) is 2. The summed E-state index contributed by atoms with van der Waals surface area (Å²) in [5.74, 6) is -0.271. The average Bonchev–Trinajstić information content (AvgIpc) is 3.21. The highest BCUT2D eigenvalue weighted by Crippen LogP contribution is 2.29. The maximum atomic E-state index is 13.4. The van der Waals surface area contributed by atoms with Gasteiger partial charge in [0.25, 0.3) is 11.5 Å². The first-order valence-electron chi connectivity index (χ1n) is 11.9. The smallest absolute Gasteiger partial charge is 0.253 e. The zero-order valence-electron chi connectivity index (χ0n) is 21.5. The largest absolute Gasteiger partial charge is 0.348 e. The molecular weight excluding hydrogens is 438 g/mol. The molecule has 2 N–H and O–H groups in total. The van der Waals surface area contributed by atoms with Crippen LogP contribution in [0.5, 0.6) is 0 Å². The standard InChI is InChI=1S/C28H33N5O2/c1-16(2)33-25-23(15-30-33)21(26(34)29-14-22-17(3)12-18(4)31-27(22)35)13-24(32-25)19-8-10-20(11-9-19)28(5,6)7/h8-13,15-16H,14H2,1-7H3,(H,29,34)(H,31,35). The summed E-state index contributed by atoms with van der Waals surface area (Å²) in [5, 5.41) is 8.11. The topological polar surface area (TPSA) is 92.7 Å². The Bertz CT molecular complexity index is 1450. The van der Waals surface area contributed by atoms with Gasteiger partial charge in [-0.1, -0.05) is 45.0 Å². The molecule has 35 heavy (non-hydrogen) atoms. The molecule has 0 radical (unpaired) electrons. The first-order valence-corrected chi connectivity index (χ1v) is 11.9. The Kier molecular flexibility index (Phi) is 6.36. The highest BCUT2D eigenvalue weighted by Gasteiger charge is 2.20. The Morgan fingerprint density at radius 2 is 1.80 bits per heavy atom. The summed E-state index contributed by atoms with van der Waals surface area (Å²) in [4.78, 5) is 33.5. The van der Waals surface area contributed by atoms with Gasteiger partial charge < -0.3 is 10.3 Å². The van der Waals surface area contributed by atoms with Crippen LogP contribution < -0.4 is 10.9 Å². The number of benzene rings is 1. The number of carbonyl (C=O) groups is 1. The van der Waals surface area contributed by atoms with Gasteiger partial charge in [-0.05, 0) is 56.4 Å².